The van der Waals surface area contributed by atoms with Gasteiger partial charge in [0.1, 0.15) is 30.1 Å². The summed E-state index contributed by atoms with van der Waals surface area (Å²) in [6.07, 6.45) is 0. The fourth-order valence-corrected chi connectivity index (χ4v) is 1.94. The maximum atomic E-state index is 13.4. The largest absolute Gasteiger partial charge is 0.487 e. The van der Waals surface area contributed by atoms with Crippen molar-refractivity contribution in [1.29, 1.82) is 5.26 Å². The van der Waals surface area contributed by atoms with E-state index in [-0.39, 0.29) is 28.1 Å². The maximum Gasteiger partial charge on any atom is 0.145 e. The second-order valence-electron chi connectivity index (χ2n) is 4.02. The SMILES string of the molecule is N#Cc1cc(COc2cc(F)c(Br)cc2N)ccc1F. The molecule has 0 aliphatic heterocycles. The molecule has 2 aromatic rings. The molecule has 0 aliphatic carbocycles. The Morgan fingerprint density at radius 3 is 2.65 bits per heavy atom. The minimum absolute atomic E-state index is 0.0558. The lowest BCUT2D eigenvalue weighted by atomic mass is 10.1. The van der Waals surface area contributed by atoms with Crippen LogP contribution in [-0.4, -0.2) is 0 Å². The summed E-state index contributed by atoms with van der Waals surface area (Å²) in [5.41, 5.74) is 6.50. The molecular weight excluding hydrogens is 330 g/mol. The molecule has 2 rings (SSSR count). The topological polar surface area (TPSA) is 59.0 Å². The molecule has 2 aromatic carbocycles. The van der Waals surface area contributed by atoms with Crippen LogP contribution in [0.2, 0.25) is 0 Å². The van der Waals surface area contributed by atoms with E-state index in [0.29, 0.717) is 5.56 Å². The van der Waals surface area contributed by atoms with Crippen molar-refractivity contribution in [2.75, 3.05) is 5.73 Å². The van der Waals surface area contributed by atoms with Gasteiger partial charge in [-0.15, -0.1) is 0 Å². The van der Waals surface area contributed by atoms with E-state index in [2.05, 4.69) is 15.9 Å². The van der Waals surface area contributed by atoms with E-state index in [1.807, 2.05) is 0 Å². The number of hydrogen-bond donors (Lipinski definition) is 1. The second-order valence-corrected chi connectivity index (χ2v) is 4.87. The van der Waals surface area contributed by atoms with Crippen molar-refractivity contribution >= 4 is 21.6 Å². The van der Waals surface area contributed by atoms with Crippen LogP contribution in [-0.2, 0) is 6.61 Å². The summed E-state index contributed by atoms with van der Waals surface area (Å²) in [5.74, 6) is -0.898. The first-order valence-electron chi connectivity index (χ1n) is 5.57. The molecule has 0 unspecified atom stereocenters. The van der Waals surface area contributed by atoms with Gasteiger partial charge in [-0.3, -0.25) is 0 Å². The number of anilines is 1. The number of hydrogen-bond acceptors (Lipinski definition) is 3. The average molecular weight is 339 g/mol. The Bertz CT molecular complexity index is 698. The van der Waals surface area contributed by atoms with Crippen molar-refractivity contribution in [3.8, 4) is 11.8 Å². The minimum atomic E-state index is -0.592. The lowest BCUT2D eigenvalue weighted by Crippen LogP contribution is -2.00. The van der Waals surface area contributed by atoms with Crippen molar-refractivity contribution < 1.29 is 13.5 Å². The van der Waals surface area contributed by atoms with Gasteiger partial charge in [0.25, 0.3) is 0 Å². The molecule has 102 valence electrons. The summed E-state index contributed by atoms with van der Waals surface area (Å²) in [4.78, 5) is 0. The second kappa shape index (κ2) is 5.88. The van der Waals surface area contributed by atoms with Crippen molar-refractivity contribution in [1.82, 2.24) is 0 Å². The van der Waals surface area contributed by atoms with Gasteiger partial charge in [0.15, 0.2) is 0 Å². The van der Waals surface area contributed by atoms with Gasteiger partial charge in [0.05, 0.1) is 15.7 Å². The Kier molecular flexibility index (Phi) is 4.20. The predicted molar refractivity (Wildman–Crippen MR) is 74.0 cm³/mol. The van der Waals surface area contributed by atoms with Gasteiger partial charge in [-0.1, -0.05) is 6.07 Å². The molecule has 0 spiro atoms. The lowest BCUT2D eigenvalue weighted by molar-refractivity contribution is 0.306. The van der Waals surface area contributed by atoms with E-state index in [9.17, 15) is 8.78 Å². The molecule has 3 nitrogen and oxygen atoms in total. The van der Waals surface area contributed by atoms with Gasteiger partial charge in [-0.25, -0.2) is 8.78 Å². The number of rotatable bonds is 3. The third-order valence-electron chi connectivity index (χ3n) is 2.60. The lowest BCUT2D eigenvalue weighted by Gasteiger charge is -2.10. The molecule has 0 atom stereocenters. The van der Waals surface area contributed by atoms with E-state index in [0.717, 1.165) is 6.07 Å². The molecule has 0 saturated carbocycles. The molecule has 0 saturated heterocycles. The highest BCUT2D eigenvalue weighted by Crippen LogP contribution is 2.29. The molecule has 0 aliphatic rings. The number of halogens is 3. The number of nitrogens with zero attached hydrogens (tertiary/aromatic N) is 1. The minimum Gasteiger partial charge on any atom is -0.487 e. The van der Waals surface area contributed by atoms with Gasteiger partial charge in [-0.2, -0.15) is 5.26 Å². The summed E-state index contributed by atoms with van der Waals surface area (Å²) < 4.78 is 32.2. The summed E-state index contributed by atoms with van der Waals surface area (Å²) >= 11 is 3.01. The van der Waals surface area contributed by atoms with Crippen molar-refractivity contribution in [2.45, 2.75) is 6.61 Å². The average Bonchev–Trinajstić information content (AvgIpc) is 2.43. The quantitative estimate of drug-likeness (QED) is 0.867. The van der Waals surface area contributed by atoms with Crippen LogP contribution in [0.25, 0.3) is 0 Å². The predicted octanol–water partition coefficient (Wildman–Crippen LogP) is 3.76. The standard InChI is InChI=1S/C14H9BrF2N2O/c15-10-4-13(19)14(5-12(10)17)20-7-8-1-2-11(16)9(3-8)6-18/h1-5H,7,19H2. The molecular formula is C14H9BrF2N2O. The Morgan fingerprint density at radius 2 is 1.95 bits per heavy atom. The van der Waals surface area contributed by atoms with Crippen LogP contribution in [0, 0.1) is 23.0 Å². The van der Waals surface area contributed by atoms with Crippen LogP contribution in [0.15, 0.2) is 34.8 Å². The Labute approximate surface area is 122 Å². The van der Waals surface area contributed by atoms with E-state index >= 15 is 0 Å². The first kappa shape index (κ1) is 14.3. The number of nitrogen functional groups attached to an aromatic ring is 1. The van der Waals surface area contributed by atoms with E-state index in [4.69, 9.17) is 15.7 Å². The molecule has 2 N–H and O–H groups in total. The number of benzene rings is 2. The van der Waals surface area contributed by atoms with Gasteiger partial charge >= 0.3 is 0 Å². The molecule has 0 heterocycles. The van der Waals surface area contributed by atoms with Crippen LogP contribution >= 0.6 is 15.9 Å². The van der Waals surface area contributed by atoms with E-state index < -0.39 is 11.6 Å². The fourth-order valence-electron chi connectivity index (χ4n) is 1.58. The first-order chi connectivity index (χ1) is 9.51. The monoisotopic (exact) mass is 338 g/mol. The Hall–Kier alpha value is -2.13. The highest BCUT2D eigenvalue weighted by atomic mass is 79.9. The number of ether oxygens (including phenoxy) is 1. The van der Waals surface area contributed by atoms with Gasteiger partial charge in [-0.05, 0) is 39.7 Å². The molecule has 20 heavy (non-hydrogen) atoms. The summed E-state index contributed by atoms with van der Waals surface area (Å²) in [6, 6.07) is 8.35. The highest BCUT2D eigenvalue weighted by molar-refractivity contribution is 9.10. The van der Waals surface area contributed by atoms with Crippen LogP contribution in [0.4, 0.5) is 14.5 Å². The zero-order valence-corrected chi connectivity index (χ0v) is 11.7. The van der Waals surface area contributed by atoms with Gasteiger partial charge in [0.2, 0.25) is 0 Å². The normalized spacial score (nSPS) is 10.1. The van der Waals surface area contributed by atoms with Crippen LogP contribution < -0.4 is 10.5 Å². The fraction of sp³-hybridized carbons (Fsp3) is 0.0714. The summed E-state index contributed by atoms with van der Waals surface area (Å²) in [7, 11) is 0. The Morgan fingerprint density at radius 1 is 1.20 bits per heavy atom. The van der Waals surface area contributed by atoms with Gasteiger partial charge < -0.3 is 10.5 Å². The zero-order valence-electron chi connectivity index (χ0n) is 10.2. The van der Waals surface area contributed by atoms with Crippen LogP contribution in [0.1, 0.15) is 11.1 Å². The third-order valence-corrected chi connectivity index (χ3v) is 3.21. The maximum absolute atomic E-state index is 13.4. The van der Waals surface area contributed by atoms with Gasteiger partial charge in [0, 0.05) is 6.07 Å². The number of nitriles is 1. The molecule has 0 aromatic heterocycles. The van der Waals surface area contributed by atoms with Crippen molar-refractivity contribution in [3.05, 3.63) is 57.6 Å². The van der Waals surface area contributed by atoms with E-state index in [1.165, 1.54) is 24.3 Å². The molecule has 0 radical (unpaired) electrons. The van der Waals surface area contributed by atoms with Crippen molar-refractivity contribution in [2.24, 2.45) is 0 Å². The zero-order chi connectivity index (χ0) is 14.7. The summed E-state index contributed by atoms with van der Waals surface area (Å²) in [6.45, 7) is 0.0558. The first-order valence-corrected chi connectivity index (χ1v) is 6.36. The van der Waals surface area contributed by atoms with Crippen molar-refractivity contribution in [3.63, 3.8) is 0 Å². The summed E-state index contributed by atoms with van der Waals surface area (Å²) in [5, 5.41) is 8.73. The Balaban J connectivity index is 2.17. The van der Waals surface area contributed by atoms with Crippen LogP contribution in [0.3, 0.4) is 0 Å². The van der Waals surface area contributed by atoms with E-state index in [1.54, 1.807) is 6.07 Å². The smallest absolute Gasteiger partial charge is 0.145 e. The molecule has 0 amide bonds. The van der Waals surface area contributed by atoms with Crippen LogP contribution in [0.5, 0.6) is 5.75 Å². The highest BCUT2D eigenvalue weighted by Gasteiger charge is 2.08. The molecule has 0 fully saturated rings. The molecule has 6 heteroatoms. The third kappa shape index (κ3) is 3.06. The number of nitrogens with two attached hydrogens (primary N) is 1. The molecule has 0 bridgehead atoms.